The molecule has 58 valence electrons. The Kier molecular flexibility index (Phi) is 2.47. The predicted molar refractivity (Wildman–Crippen MR) is 41.7 cm³/mol. The van der Waals surface area contributed by atoms with Crippen molar-refractivity contribution in [2.24, 2.45) is 17.8 Å². The average molecular weight is 140 g/mol. The number of hydrogen-bond donors (Lipinski definition) is 0. The molecule has 0 aromatic heterocycles. The van der Waals surface area contributed by atoms with Crippen molar-refractivity contribution in [1.82, 2.24) is 0 Å². The molecule has 0 aromatic carbocycles. The van der Waals surface area contributed by atoms with E-state index in [-0.39, 0.29) is 0 Å². The van der Waals surface area contributed by atoms with Crippen LogP contribution in [0.3, 0.4) is 0 Å². The Morgan fingerprint density at radius 2 is 2.20 bits per heavy atom. The number of hydrogen-bond acceptors (Lipinski definition) is 1. The lowest BCUT2D eigenvalue weighted by Crippen LogP contribution is -2.13. The third-order valence-corrected chi connectivity index (χ3v) is 2.88. The molecule has 0 aromatic rings. The topological polar surface area (TPSA) is 17.1 Å². The van der Waals surface area contributed by atoms with Gasteiger partial charge in [0, 0.05) is 5.92 Å². The van der Waals surface area contributed by atoms with Gasteiger partial charge in [-0.1, -0.05) is 20.3 Å². The number of carbonyl (C=O) groups excluding carboxylic acids is 1. The van der Waals surface area contributed by atoms with Crippen LogP contribution in [0.15, 0.2) is 0 Å². The van der Waals surface area contributed by atoms with Crippen LogP contribution in [0.2, 0.25) is 0 Å². The molecule has 1 rings (SSSR count). The van der Waals surface area contributed by atoms with Crippen LogP contribution < -0.4 is 0 Å². The Morgan fingerprint density at radius 1 is 1.50 bits per heavy atom. The third kappa shape index (κ3) is 1.23. The normalized spacial score (nSPS) is 40.0. The van der Waals surface area contributed by atoms with E-state index in [1.165, 1.54) is 19.3 Å². The van der Waals surface area contributed by atoms with E-state index in [0.717, 1.165) is 6.29 Å². The van der Waals surface area contributed by atoms with Crippen molar-refractivity contribution in [3.05, 3.63) is 0 Å². The van der Waals surface area contributed by atoms with E-state index in [1.54, 1.807) is 0 Å². The highest BCUT2D eigenvalue weighted by Gasteiger charge is 2.31. The quantitative estimate of drug-likeness (QED) is 0.538. The van der Waals surface area contributed by atoms with Gasteiger partial charge in [0.15, 0.2) is 0 Å². The third-order valence-electron chi connectivity index (χ3n) is 2.88. The maximum absolute atomic E-state index is 10.6. The summed E-state index contributed by atoms with van der Waals surface area (Å²) < 4.78 is 0. The molecule has 0 bridgehead atoms. The number of carbonyl (C=O) groups is 1. The molecule has 0 saturated heterocycles. The Balaban J connectivity index is 2.53. The van der Waals surface area contributed by atoms with Crippen LogP contribution in [0, 0.1) is 17.8 Å². The fraction of sp³-hybridized carbons (Fsp3) is 0.889. The fourth-order valence-corrected chi connectivity index (χ4v) is 2.05. The van der Waals surface area contributed by atoms with E-state index >= 15 is 0 Å². The van der Waals surface area contributed by atoms with Gasteiger partial charge in [-0.2, -0.15) is 0 Å². The highest BCUT2D eigenvalue weighted by atomic mass is 16.1. The van der Waals surface area contributed by atoms with Crippen molar-refractivity contribution in [2.45, 2.75) is 33.1 Å². The van der Waals surface area contributed by atoms with Crippen molar-refractivity contribution in [3.8, 4) is 0 Å². The lowest BCUT2D eigenvalue weighted by molar-refractivity contribution is -0.113. The van der Waals surface area contributed by atoms with E-state index < -0.39 is 0 Å². The van der Waals surface area contributed by atoms with Gasteiger partial charge in [-0.15, -0.1) is 0 Å². The second kappa shape index (κ2) is 3.18. The summed E-state index contributed by atoms with van der Waals surface area (Å²) in [5.74, 6) is 1.69. The standard InChI is InChI=1S/C9H16O/c1-3-8-5-4-7(2)9(8)6-10/h6-9H,3-5H2,1-2H3. The zero-order valence-electron chi connectivity index (χ0n) is 6.84. The van der Waals surface area contributed by atoms with E-state index in [2.05, 4.69) is 13.8 Å². The van der Waals surface area contributed by atoms with Crippen molar-refractivity contribution in [2.75, 3.05) is 0 Å². The molecule has 1 aliphatic rings. The largest absolute Gasteiger partial charge is 0.303 e. The summed E-state index contributed by atoms with van der Waals surface area (Å²) in [5, 5.41) is 0. The van der Waals surface area contributed by atoms with Gasteiger partial charge in [0.05, 0.1) is 0 Å². The number of rotatable bonds is 2. The van der Waals surface area contributed by atoms with Gasteiger partial charge in [-0.25, -0.2) is 0 Å². The average Bonchev–Trinajstić information content (AvgIpc) is 2.30. The van der Waals surface area contributed by atoms with E-state index in [0.29, 0.717) is 17.8 Å². The Morgan fingerprint density at radius 3 is 2.60 bits per heavy atom. The molecule has 0 amide bonds. The Hall–Kier alpha value is -0.330. The molecule has 1 nitrogen and oxygen atoms in total. The van der Waals surface area contributed by atoms with E-state index in [1.807, 2.05) is 0 Å². The Bertz CT molecular complexity index is 120. The maximum atomic E-state index is 10.6. The van der Waals surface area contributed by atoms with Crippen LogP contribution in [0.4, 0.5) is 0 Å². The molecule has 0 heterocycles. The first-order chi connectivity index (χ1) is 4.79. The lowest BCUT2D eigenvalue weighted by atomic mass is 9.90. The second-order valence-corrected chi connectivity index (χ2v) is 3.44. The molecule has 3 unspecified atom stereocenters. The van der Waals surface area contributed by atoms with Gasteiger partial charge >= 0.3 is 0 Å². The molecule has 1 saturated carbocycles. The molecule has 1 aliphatic carbocycles. The van der Waals surface area contributed by atoms with Gasteiger partial charge in [0.2, 0.25) is 0 Å². The van der Waals surface area contributed by atoms with Gasteiger partial charge in [0.25, 0.3) is 0 Å². The van der Waals surface area contributed by atoms with Crippen LogP contribution in [-0.2, 0) is 4.79 Å². The van der Waals surface area contributed by atoms with Gasteiger partial charge in [-0.3, -0.25) is 0 Å². The lowest BCUT2D eigenvalue weighted by Gasteiger charge is -2.13. The van der Waals surface area contributed by atoms with Gasteiger partial charge in [0.1, 0.15) is 6.29 Å². The smallest absolute Gasteiger partial charge is 0.123 e. The van der Waals surface area contributed by atoms with Crippen LogP contribution in [-0.4, -0.2) is 6.29 Å². The van der Waals surface area contributed by atoms with Crippen molar-refractivity contribution >= 4 is 6.29 Å². The van der Waals surface area contributed by atoms with Crippen LogP contribution in [0.1, 0.15) is 33.1 Å². The summed E-state index contributed by atoms with van der Waals surface area (Å²) >= 11 is 0. The zero-order valence-corrected chi connectivity index (χ0v) is 6.84. The SMILES string of the molecule is CCC1CCC(C)C1C=O. The molecule has 0 N–H and O–H groups in total. The molecule has 0 aliphatic heterocycles. The summed E-state index contributed by atoms with van der Waals surface area (Å²) in [4.78, 5) is 10.6. The van der Waals surface area contributed by atoms with Crippen molar-refractivity contribution in [3.63, 3.8) is 0 Å². The fourth-order valence-electron chi connectivity index (χ4n) is 2.05. The molecule has 1 fully saturated rings. The number of aldehydes is 1. The molecular formula is C9H16O. The van der Waals surface area contributed by atoms with Crippen molar-refractivity contribution in [1.29, 1.82) is 0 Å². The predicted octanol–water partition coefficient (Wildman–Crippen LogP) is 2.26. The molecule has 0 radical (unpaired) electrons. The molecular weight excluding hydrogens is 124 g/mol. The van der Waals surface area contributed by atoms with Gasteiger partial charge < -0.3 is 4.79 Å². The summed E-state index contributed by atoms with van der Waals surface area (Å²) in [5.41, 5.74) is 0. The first kappa shape index (κ1) is 7.77. The summed E-state index contributed by atoms with van der Waals surface area (Å²) in [6.45, 7) is 4.37. The van der Waals surface area contributed by atoms with Crippen LogP contribution in [0.25, 0.3) is 0 Å². The van der Waals surface area contributed by atoms with Gasteiger partial charge in [-0.05, 0) is 24.7 Å². The minimum Gasteiger partial charge on any atom is -0.303 e. The van der Waals surface area contributed by atoms with Crippen LogP contribution >= 0.6 is 0 Å². The molecule has 1 heteroatoms. The zero-order chi connectivity index (χ0) is 7.56. The highest BCUT2D eigenvalue weighted by molar-refractivity contribution is 5.55. The minimum absolute atomic E-state index is 0.366. The van der Waals surface area contributed by atoms with Crippen LogP contribution in [0.5, 0.6) is 0 Å². The molecule has 10 heavy (non-hydrogen) atoms. The molecule has 0 spiro atoms. The first-order valence-electron chi connectivity index (χ1n) is 4.24. The second-order valence-electron chi connectivity index (χ2n) is 3.44. The summed E-state index contributed by atoms with van der Waals surface area (Å²) in [7, 11) is 0. The van der Waals surface area contributed by atoms with E-state index in [4.69, 9.17) is 0 Å². The molecule has 3 atom stereocenters. The maximum Gasteiger partial charge on any atom is 0.123 e. The Labute approximate surface area is 62.8 Å². The first-order valence-corrected chi connectivity index (χ1v) is 4.24. The van der Waals surface area contributed by atoms with Crippen molar-refractivity contribution < 1.29 is 4.79 Å². The monoisotopic (exact) mass is 140 g/mol. The van der Waals surface area contributed by atoms with E-state index in [9.17, 15) is 4.79 Å². The highest BCUT2D eigenvalue weighted by Crippen LogP contribution is 2.36. The minimum atomic E-state index is 0.366. The summed E-state index contributed by atoms with van der Waals surface area (Å²) in [6, 6.07) is 0. The summed E-state index contributed by atoms with van der Waals surface area (Å²) in [6.07, 6.45) is 4.85.